The van der Waals surface area contributed by atoms with Gasteiger partial charge in [-0.1, -0.05) is 0 Å². The van der Waals surface area contributed by atoms with Crippen LogP contribution in [0.1, 0.15) is 31.1 Å². The molecule has 1 aliphatic rings. The monoisotopic (exact) mass is 468 g/mol. The van der Waals surface area contributed by atoms with E-state index in [9.17, 15) is 24.0 Å². The van der Waals surface area contributed by atoms with Gasteiger partial charge in [-0.25, -0.2) is 4.79 Å². The number of esters is 4. The first-order valence-corrected chi connectivity index (χ1v) is 9.66. The molecule has 0 radical (unpaired) electrons. The highest BCUT2D eigenvalue weighted by atomic mass is 16.7. The van der Waals surface area contributed by atoms with Gasteiger partial charge in [0.15, 0.2) is 29.8 Å². The SMILES string of the molecule is COC(=O)[C@H]1O[C@@H](Oc2ccc(C=O)cc2OC)[C@H](OC(C)=O)[C@@H](OC(C)=O)[C@@H]1OC(C)=O. The fourth-order valence-electron chi connectivity index (χ4n) is 3.15. The number of carbonyl (C=O) groups is 5. The molecule has 0 unspecified atom stereocenters. The number of ether oxygens (including phenoxy) is 7. The summed E-state index contributed by atoms with van der Waals surface area (Å²) in [4.78, 5) is 58.8. The van der Waals surface area contributed by atoms with Crippen molar-refractivity contribution >= 4 is 30.2 Å². The second-order valence-electron chi connectivity index (χ2n) is 6.82. The van der Waals surface area contributed by atoms with Gasteiger partial charge in [-0.2, -0.15) is 0 Å². The molecule has 0 saturated carbocycles. The van der Waals surface area contributed by atoms with Crippen LogP contribution in [0.3, 0.4) is 0 Å². The van der Waals surface area contributed by atoms with Crippen molar-refractivity contribution in [1.82, 2.24) is 0 Å². The third kappa shape index (κ3) is 6.42. The second-order valence-corrected chi connectivity index (χ2v) is 6.82. The van der Waals surface area contributed by atoms with Gasteiger partial charge in [0.1, 0.15) is 6.29 Å². The zero-order valence-corrected chi connectivity index (χ0v) is 18.6. The van der Waals surface area contributed by atoms with E-state index >= 15 is 0 Å². The van der Waals surface area contributed by atoms with E-state index in [1.807, 2.05) is 0 Å². The highest BCUT2D eigenvalue weighted by Crippen LogP contribution is 2.34. The van der Waals surface area contributed by atoms with E-state index in [1.54, 1.807) is 0 Å². The van der Waals surface area contributed by atoms with E-state index in [2.05, 4.69) is 0 Å². The molecule has 1 heterocycles. The molecule has 0 aliphatic carbocycles. The summed E-state index contributed by atoms with van der Waals surface area (Å²) in [5.41, 5.74) is 0.292. The molecular weight excluding hydrogens is 444 g/mol. The van der Waals surface area contributed by atoms with Crippen LogP contribution in [0.4, 0.5) is 0 Å². The number of rotatable bonds is 8. The molecule has 1 fully saturated rings. The van der Waals surface area contributed by atoms with Crippen molar-refractivity contribution in [2.45, 2.75) is 51.5 Å². The molecule has 1 saturated heterocycles. The van der Waals surface area contributed by atoms with Gasteiger partial charge in [-0.15, -0.1) is 0 Å². The maximum absolute atomic E-state index is 12.4. The number of benzene rings is 1. The van der Waals surface area contributed by atoms with E-state index in [0.717, 1.165) is 27.9 Å². The largest absolute Gasteiger partial charge is 0.493 e. The van der Waals surface area contributed by atoms with Crippen LogP contribution in [0.5, 0.6) is 11.5 Å². The van der Waals surface area contributed by atoms with Gasteiger partial charge in [0.05, 0.1) is 14.2 Å². The van der Waals surface area contributed by atoms with Crippen LogP contribution in [0, 0.1) is 0 Å². The molecule has 12 nitrogen and oxygen atoms in total. The van der Waals surface area contributed by atoms with Crippen molar-refractivity contribution in [2.24, 2.45) is 0 Å². The highest BCUT2D eigenvalue weighted by molar-refractivity contribution is 5.77. The Balaban J connectivity index is 2.55. The maximum atomic E-state index is 12.4. The summed E-state index contributed by atoms with van der Waals surface area (Å²) in [6, 6.07) is 4.20. The van der Waals surface area contributed by atoms with Crippen LogP contribution in [-0.4, -0.2) is 75.1 Å². The summed E-state index contributed by atoms with van der Waals surface area (Å²) in [5, 5.41) is 0. The molecular formula is C21H24O12. The standard InChI is InChI=1S/C21H24O12/c1-10(23)29-16-17(30-11(2)24)19(31-12(3)25)21(33-18(16)20(26)28-5)32-14-7-6-13(9-22)8-15(14)27-4/h6-9,16-19,21H,1-5H3/t16-,17-,18-,19+,21+/m0/s1. The van der Waals surface area contributed by atoms with E-state index in [0.29, 0.717) is 11.8 Å². The first kappa shape index (κ1) is 25.6. The Hall–Kier alpha value is -3.67. The lowest BCUT2D eigenvalue weighted by Gasteiger charge is -2.43. The Morgan fingerprint density at radius 2 is 1.42 bits per heavy atom. The van der Waals surface area contributed by atoms with Crippen molar-refractivity contribution in [2.75, 3.05) is 14.2 Å². The van der Waals surface area contributed by atoms with Crippen molar-refractivity contribution in [1.29, 1.82) is 0 Å². The molecule has 2 rings (SSSR count). The number of carbonyl (C=O) groups excluding carboxylic acids is 5. The van der Waals surface area contributed by atoms with Crippen LogP contribution >= 0.6 is 0 Å². The number of hydrogen-bond donors (Lipinski definition) is 0. The summed E-state index contributed by atoms with van der Waals surface area (Å²) in [7, 11) is 2.41. The predicted molar refractivity (Wildman–Crippen MR) is 106 cm³/mol. The molecule has 0 N–H and O–H groups in total. The molecule has 1 aromatic carbocycles. The van der Waals surface area contributed by atoms with Crippen LogP contribution < -0.4 is 9.47 Å². The minimum atomic E-state index is -1.60. The molecule has 1 aliphatic heterocycles. The van der Waals surface area contributed by atoms with E-state index in [-0.39, 0.29) is 11.5 Å². The lowest BCUT2D eigenvalue weighted by Crippen LogP contribution is -2.64. The Bertz CT molecular complexity index is 911. The summed E-state index contributed by atoms with van der Waals surface area (Å²) >= 11 is 0. The van der Waals surface area contributed by atoms with Crippen LogP contribution in [-0.2, 0) is 42.9 Å². The predicted octanol–water partition coefficient (Wildman–Crippen LogP) is 0.579. The van der Waals surface area contributed by atoms with Crippen LogP contribution in [0.15, 0.2) is 18.2 Å². The van der Waals surface area contributed by atoms with Gasteiger partial charge in [0.2, 0.25) is 12.4 Å². The van der Waals surface area contributed by atoms with Gasteiger partial charge in [0, 0.05) is 26.3 Å². The fraction of sp³-hybridized carbons (Fsp3) is 0.476. The minimum absolute atomic E-state index is 0.0568. The summed E-state index contributed by atoms with van der Waals surface area (Å²) < 4.78 is 37.1. The molecule has 0 amide bonds. The average molecular weight is 468 g/mol. The Kier molecular flexibility index (Phi) is 8.74. The average Bonchev–Trinajstić information content (AvgIpc) is 2.76. The molecule has 33 heavy (non-hydrogen) atoms. The highest BCUT2D eigenvalue weighted by Gasteiger charge is 2.56. The normalized spacial score (nSPS) is 24.1. The fourth-order valence-corrected chi connectivity index (χ4v) is 3.15. The molecule has 0 aromatic heterocycles. The molecule has 0 bridgehead atoms. The van der Waals surface area contributed by atoms with E-state index in [4.69, 9.17) is 33.2 Å². The lowest BCUT2D eigenvalue weighted by molar-refractivity contribution is -0.282. The lowest BCUT2D eigenvalue weighted by atomic mass is 9.97. The summed E-state index contributed by atoms with van der Waals surface area (Å²) in [6.45, 7) is 3.24. The van der Waals surface area contributed by atoms with E-state index < -0.39 is 54.6 Å². The minimum Gasteiger partial charge on any atom is -0.493 e. The molecule has 1 aromatic rings. The van der Waals surface area contributed by atoms with Gasteiger partial charge < -0.3 is 33.2 Å². The zero-order chi connectivity index (χ0) is 24.7. The Labute approximate surface area is 189 Å². The second kappa shape index (κ2) is 11.3. The Morgan fingerprint density at radius 3 is 1.94 bits per heavy atom. The van der Waals surface area contributed by atoms with Crippen molar-refractivity contribution in [3.8, 4) is 11.5 Å². The quantitative estimate of drug-likeness (QED) is 0.298. The van der Waals surface area contributed by atoms with Crippen molar-refractivity contribution in [3.05, 3.63) is 23.8 Å². The third-order valence-electron chi connectivity index (χ3n) is 4.40. The first-order chi connectivity index (χ1) is 15.6. The number of aldehydes is 1. The van der Waals surface area contributed by atoms with Gasteiger partial charge in [-0.05, 0) is 18.2 Å². The van der Waals surface area contributed by atoms with Crippen molar-refractivity contribution < 1.29 is 57.1 Å². The van der Waals surface area contributed by atoms with Gasteiger partial charge in [-0.3, -0.25) is 19.2 Å². The molecule has 5 atom stereocenters. The first-order valence-electron chi connectivity index (χ1n) is 9.66. The van der Waals surface area contributed by atoms with Crippen LogP contribution in [0.25, 0.3) is 0 Å². The molecule has 0 spiro atoms. The number of hydrogen-bond acceptors (Lipinski definition) is 12. The van der Waals surface area contributed by atoms with Gasteiger partial charge in [0.25, 0.3) is 0 Å². The summed E-state index contributed by atoms with van der Waals surface area (Å²) in [6.07, 6.45) is -7.00. The molecule has 180 valence electrons. The summed E-state index contributed by atoms with van der Waals surface area (Å²) in [5.74, 6) is -3.20. The number of methoxy groups -OCH3 is 2. The molecule has 12 heteroatoms. The zero-order valence-electron chi connectivity index (χ0n) is 18.6. The van der Waals surface area contributed by atoms with Crippen LogP contribution in [0.2, 0.25) is 0 Å². The van der Waals surface area contributed by atoms with Gasteiger partial charge >= 0.3 is 23.9 Å². The third-order valence-corrected chi connectivity index (χ3v) is 4.40. The van der Waals surface area contributed by atoms with Crippen molar-refractivity contribution in [3.63, 3.8) is 0 Å². The van der Waals surface area contributed by atoms with E-state index in [1.165, 1.54) is 25.3 Å². The smallest absolute Gasteiger partial charge is 0.339 e. The topological polar surface area (TPSA) is 150 Å². The Morgan fingerprint density at radius 1 is 0.848 bits per heavy atom. The maximum Gasteiger partial charge on any atom is 0.339 e.